The molecule has 2 aromatic rings. The number of aromatic nitrogens is 1. The smallest absolute Gasteiger partial charge is 0.355 e. The minimum Gasteiger partial charge on any atom is -0.461 e. The van der Waals surface area contributed by atoms with Gasteiger partial charge >= 0.3 is 5.97 Å². The maximum absolute atomic E-state index is 13.4. The minimum atomic E-state index is -0.435. The normalized spacial score (nSPS) is 15.8. The van der Waals surface area contributed by atoms with Crippen LogP contribution in [0.2, 0.25) is 0 Å². The maximum Gasteiger partial charge on any atom is 0.355 e. The molecule has 3 heterocycles. The Morgan fingerprint density at radius 3 is 2.65 bits per heavy atom. The predicted molar refractivity (Wildman–Crippen MR) is 119 cm³/mol. The lowest BCUT2D eigenvalue weighted by Crippen LogP contribution is -2.40. The SMILES string of the molecule is CCOC(=O)c1c(C)c(C(=O)CN(CC2CCCO2)C(=O)c2cccs2)c(C)n1CC. The van der Waals surface area contributed by atoms with Crippen LogP contribution in [0.1, 0.15) is 68.5 Å². The Bertz CT molecular complexity index is 942. The Labute approximate surface area is 186 Å². The number of esters is 1. The van der Waals surface area contributed by atoms with E-state index in [4.69, 9.17) is 9.47 Å². The van der Waals surface area contributed by atoms with E-state index in [1.54, 1.807) is 24.8 Å². The molecular weight excluding hydrogens is 416 g/mol. The summed E-state index contributed by atoms with van der Waals surface area (Å²) in [5.41, 5.74) is 2.21. The van der Waals surface area contributed by atoms with Crippen molar-refractivity contribution >= 4 is 29.0 Å². The van der Waals surface area contributed by atoms with E-state index in [1.807, 2.05) is 29.9 Å². The Morgan fingerprint density at radius 2 is 2.06 bits per heavy atom. The van der Waals surface area contributed by atoms with Crippen molar-refractivity contribution in [2.24, 2.45) is 0 Å². The van der Waals surface area contributed by atoms with Crippen LogP contribution >= 0.6 is 11.3 Å². The standard InChI is InChI=1S/C23H30N2O5S/c1-5-25-16(4)20(15(3)21(25)23(28)29-6-2)18(26)14-24(13-17-9-7-11-30-17)22(27)19-10-8-12-31-19/h8,10,12,17H,5-7,9,11,13-14H2,1-4H3. The van der Waals surface area contributed by atoms with Crippen LogP contribution in [-0.2, 0) is 16.0 Å². The van der Waals surface area contributed by atoms with Gasteiger partial charge in [0.2, 0.25) is 0 Å². The molecule has 0 N–H and O–H groups in total. The van der Waals surface area contributed by atoms with Crippen LogP contribution in [0.25, 0.3) is 0 Å². The second kappa shape index (κ2) is 10.2. The molecule has 1 aliphatic heterocycles. The summed E-state index contributed by atoms with van der Waals surface area (Å²) in [6.45, 7) is 9.08. The van der Waals surface area contributed by atoms with Crippen LogP contribution in [0.5, 0.6) is 0 Å². The maximum atomic E-state index is 13.4. The van der Waals surface area contributed by atoms with Crippen molar-refractivity contribution in [1.29, 1.82) is 0 Å². The Balaban J connectivity index is 1.90. The largest absolute Gasteiger partial charge is 0.461 e. The van der Waals surface area contributed by atoms with E-state index in [2.05, 4.69) is 0 Å². The molecule has 31 heavy (non-hydrogen) atoms. The second-order valence-electron chi connectivity index (χ2n) is 7.62. The van der Waals surface area contributed by atoms with E-state index in [1.165, 1.54) is 11.3 Å². The molecule has 0 saturated carbocycles. The Morgan fingerprint density at radius 1 is 1.29 bits per heavy atom. The van der Waals surface area contributed by atoms with Crippen LogP contribution in [0.15, 0.2) is 17.5 Å². The van der Waals surface area contributed by atoms with E-state index in [-0.39, 0.29) is 30.9 Å². The topological polar surface area (TPSA) is 77.8 Å². The molecule has 1 amide bonds. The first kappa shape index (κ1) is 23.2. The third-order valence-electron chi connectivity index (χ3n) is 5.63. The van der Waals surface area contributed by atoms with Crippen LogP contribution < -0.4 is 0 Å². The first-order chi connectivity index (χ1) is 14.9. The third-order valence-corrected chi connectivity index (χ3v) is 6.49. The summed E-state index contributed by atoms with van der Waals surface area (Å²) in [6, 6.07) is 3.59. The lowest BCUT2D eigenvalue weighted by Gasteiger charge is -2.24. The van der Waals surface area contributed by atoms with Gasteiger partial charge in [0, 0.05) is 31.0 Å². The number of nitrogens with zero attached hydrogens (tertiary/aromatic N) is 2. The minimum absolute atomic E-state index is 0.0609. The molecule has 7 nitrogen and oxygen atoms in total. The fourth-order valence-electron chi connectivity index (χ4n) is 4.23. The number of carbonyl (C=O) groups is 3. The molecule has 0 bridgehead atoms. The molecule has 0 spiro atoms. The number of hydrogen-bond acceptors (Lipinski definition) is 6. The van der Waals surface area contributed by atoms with Gasteiger partial charge in [-0.25, -0.2) is 4.79 Å². The molecule has 3 rings (SSSR count). The summed E-state index contributed by atoms with van der Waals surface area (Å²) < 4.78 is 12.7. The summed E-state index contributed by atoms with van der Waals surface area (Å²) in [4.78, 5) is 41.2. The number of rotatable bonds is 9. The van der Waals surface area contributed by atoms with Gasteiger partial charge in [-0.15, -0.1) is 11.3 Å². The van der Waals surface area contributed by atoms with Crippen molar-refractivity contribution in [3.05, 3.63) is 44.9 Å². The summed E-state index contributed by atoms with van der Waals surface area (Å²) in [6.07, 6.45) is 1.77. The molecule has 168 valence electrons. The molecule has 1 atom stereocenters. The molecule has 0 aromatic carbocycles. The molecule has 2 aromatic heterocycles. The zero-order chi connectivity index (χ0) is 22.5. The third kappa shape index (κ3) is 4.91. The van der Waals surface area contributed by atoms with Gasteiger partial charge in [0.15, 0.2) is 5.78 Å². The zero-order valence-electron chi connectivity index (χ0n) is 18.6. The summed E-state index contributed by atoms with van der Waals surface area (Å²) in [5, 5.41) is 1.85. The molecule has 0 aliphatic carbocycles. The van der Waals surface area contributed by atoms with Crippen molar-refractivity contribution in [3.8, 4) is 0 Å². The molecule has 1 saturated heterocycles. The van der Waals surface area contributed by atoms with Gasteiger partial charge in [0.05, 0.1) is 24.1 Å². The quantitative estimate of drug-likeness (QED) is 0.432. The highest BCUT2D eigenvalue weighted by atomic mass is 32.1. The van der Waals surface area contributed by atoms with Crippen LogP contribution in [-0.4, -0.2) is 59.5 Å². The number of thiophene rings is 1. The van der Waals surface area contributed by atoms with Crippen molar-refractivity contribution in [2.45, 2.75) is 53.2 Å². The van der Waals surface area contributed by atoms with E-state index in [9.17, 15) is 14.4 Å². The van der Waals surface area contributed by atoms with Gasteiger partial charge in [0.1, 0.15) is 5.69 Å². The van der Waals surface area contributed by atoms with E-state index < -0.39 is 5.97 Å². The van der Waals surface area contributed by atoms with Crippen molar-refractivity contribution in [2.75, 3.05) is 26.3 Å². The monoisotopic (exact) mass is 446 g/mol. The van der Waals surface area contributed by atoms with Crippen molar-refractivity contribution < 1.29 is 23.9 Å². The average Bonchev–Trinajstić information content (AvgIpc) is 3.48. The first-order valence-electron chi connectivity index (χ1n) is 10.7. The molecular formula is C23H30N2O5S. The van der Waals surface area contributed by atoms with Crippen molar-refractivity contribution in [3.63, 3.8) is 0 Å². The average molecular weight is 447 g/mol. The fraction of sp³-hybridized carbons (Fsp3) is 0.522. The van der Waals surface area contributed by atoms with Crippen LogP contribution in [0, 0.1) is 13.8 Å². The molecule has 1 fully saturated rings. The second-order valence-corrected chi connectivity index (χ2v) is 8.57. The summed E-state index contributed by atoms with van der Waals surface area (Å²) in [5.74, 6) is -0.791. The number of carbonyl (C=O) groups excluding carboxylic acids is 3. The Hall–Kier alpha value is -2.45. The first-order valence-corrected chi connectivity index (χ1v) is 11.6. The fourth-order valence-corrected chi connectivity index (χ4v) is 4.92. The van der Waals surface area contributed by atoms with Crippen molar-refractivity contribution in [1.82, 2.24) is 9.47 Å². The number of hydrogen-bond donors (Lipinski definition) is 0. The van der Waals surface area contributed by atoms with E-state index in [0.717, 1.165) is 12.8 Å². The van der Waals surface area contributed by atoms with Crippen LogP contribution in [0.4, 0.5) is 0 Å². The number of ether oxygens (including phenoxy) is 2. The molecule has 8 heteroatoms. The number of ketones is 1. The summed E-state index contributed by atoms with van der Waals surface area (Å²) in [7, 11) is 0. The zero-order valence-corrected chi connectivity index (χ0v) is 19.4. The van der Waals surface area contributed by atoms with E-state index in [0.29, 0.717) is 47.1 Å². The molecule has 1 aliphatic rings. The number of amides is 1. The lowest BCUT2D eigenvalue weighted by molar-refractivity contribution is 0.0507. The van der Waals surface area contributed by atoms with Gasteiger partial charge in [-0.1, -0.05) is 6.07 Å². The highest BCUT2D eigenvalue weighted by Crippen LogP contribution is 2.25. The van der Waals surface area contributed by atoms with Gasteiger partial charge in [0.25, 0.3) is 5.91 Å². The van der Waals surface area contributed by atoms with E-state index >= 15 is 0 Å². The van der Waals surface area contributed by atoms with Gasteiger partial charge < -0.3 is 18.9 Å². The van der Waals surface area contributed by atoms with Crippen LogP contribution in [0.3, 0.4) is 0 Å². The molecule has 0 radical (unpaired) electrons. The lowest BCUT2D eigenvalue weighted by atomic mass is 10.0. The van der Waals surface area contributed by atoms with Gasteiger partial charge in [-0.3, -0.25) is 9.59 Å². The van der Waals surface area contributed by atoms with Gasteiger partial charge in [-0.2, -0.15) is 0 Å². The van der Waals surface area contributed by atoms with Gasteiger partial charge in [-0.05, 0) is 57.5 Å². The number of Topliss-reactive ketones (excluding diaryl/α,β-unsaturated/α-hetero) is 1. The predicted octanol–water partition coefficient (Wildman–Crippen LogP) is 3.87. The highest BCUT2D eigenvalue weighted by Gasteiger charge is 2.30. The highest BCUT2D eigenvalue weighted by molar-refractivity contribution is 7.12. The summed E-state index contributed by atoms with van der Waals surface area (Å²) >= 11 is 1.36. The Kier molecular flexibility index (Phi) is 7.67. The molecule has 1 unspecified atom stereocenters.